The first kappa shape index (κ1) is 13.6. The van der Waals surface area contributed by atoms with Gasteiger partial charge >= 0.3 is 0 Å². The Morgan fingerprint density at radius 3 is 2.83 bits per heavy atom. The average Bonchev–Trinajstić information content (AvgIpc) is 3.16. The van der Waals surface area contributed by atoms with Crippen molar-refractivity contribution in [3.63, 3.8) is 0 Å². The summed E-state index contributed by atoms with van der Waals surface area (Å²) in [7, 11) is 0. The number of nitrogens with zero attached hydrogens (tertiary/aromatic N) is 1. The third-order valence-corrected chi connectivity index (χ3v) is 4.40. The first-order valence-electron chi connectivity index (χ1n) is 7.34. The number of aryl methyl sites for hydroxylation is 1. The van der Waals surface area contributed by atoms with Crippen LogP contribution in [0.4, 0.5) is 0 Å². The monoisotopic (exact) mass is 309 g/mol. The van der Waals surface area contributed by atoms with Crippen LogP contribution < -0.4 is 5.56 Å². The van der Waals surface area contributed by atoms with Gasteiger partial charge in [-0.05, 0) is 24.1 Å². The number of phenolic OH excluding ortho intramolecular Hbond substituents is 1. The summed E-state index contributed by atoms with van der Waals surface area (Å²) in [6.45, 7) is 2.64. The Bertz CT molecular complexity index is 1000. The third-order valence-electron chi connectivity index (χ3n) is 4.40. The number of carbonyl (C=O) groups is 1. The van der Waals surface area contributed by atoms with E-state index in [4.69, 9.17) is 0 Å². The van der Waals surface area contributed by atoms with Crippen LogP contribution in [0, 0.1) is 6.92 Å². The van der Waals surface area contributed by atoms with Gasteiger partial charge in [-0.2, -0.15) is 0 Å². The van der Waals surface area contributed by atoms with Crippen LogP contribution in [0.5, 0.6) is 5.75 Å². The highest BCUT2D eigenvalue weighted by Gasteiger charge is 2.28. The minimum atomic E-state index is -0.283. The number of carbonyl (C=O) groups excluding carboxylic acids is 1. The van der Waals surface area contributed by atoms with Crippen molar-refractivity contribution in [3.05, 3.63) is 63.2 Å². The van der Waals surface area contributed by atoms with E-state index in [1.165, 1.54) is 0 Å². The van der Waals surface area contributed by atoms with Crippen molar-refractivity contribution in [2.24, 2.45) is 0 Å². The maximum absolute atomic E-state index is 12.8. The predicted molar refractivity (Wildman–Crippen MR) is 85.3 cm³/mol. The molecule has 0 spiro atoms. The number of nitrogens with one attached hydrogen (secondary N) is 2. The zero-order chi connectivity index (χ0) is 16.1. The van der Waals surface area contributed by atoms with Crippen molar-refractivity contribution in [1.29, 1.82) is 0 Å². The number of aromatic nitrogens is 2. The summed E-state index contributed by atoms with van der Waals surface area (Å²) in [5, 5.41) is 10.3. The minimum absolute atomic E-state index is 0.199. The molecule has 1 aromatic carbocycles. The molecule has 0 saturated carbocycles. The van der Waals surface area contributed by atoms with Gasteiger partial charge in [0.25, 0.3) is 11.5 Å². The van der Waals surface area contributed by atoms with Crippen molar-refractivity contribution in [3.8, 4) is 5.75 Å². The van der Waals surface area contributed by atoms with Gasteiger partial charge in [-0.25, -0.2) is 0 Å². The zero-order valence-electron chi connectivity index (χ0n) is 12.5. The van der Waals surface area contributed by atoms with Gasteiger partial charge in [0.05, 0.1) is 23.0 Å². The van der Waals surface area contributed by atoms with E-state index >= 15 is 0 Å². The molecule has 3 heterocycles. The van der Waals surface area contributed by atoms with E-state index in [-0.39, 0.29) is 17.2 Å². The number of amides is 1. The lowest BCUT2D eigenvalue weighted by Gasteiger charge is -2.14. The molecule has 116 valence electrons. The van der Waals surface area contributed by atoms with Crippen LogP contribution in [0.25, 0.3) is 10.9 Å². The van der Waals surface area contributed by atoms with E-state index in [2.05, 4.69) is 9.97 Å². The Balaban J connectivity index is 1.76. The van der Waals surface area contributed by atoms with Crippen LogP contribution in [0.3, 0.4) is 0 Å². The summed E-state index contributed by atoms with van der Waals surface area (Å²) < 4.78 is 0. The second-order valence-corrected chi connectivity index (χ2v) is 5.83. The molecule has 0 aliphatic carbocycles. The van der Waals surface area contributed by atoms with Crippen molar-refractivity contribution >= 4 is 16.8 Å². The molecular formula is C17H15N3O3. The van der Waals surface area contributed by atoms with Crippen molar-refractivity contribution in [2.45, 2.75) is 20.0 Å². The molecule has 0 radical (unpaired) electrons. The second kappa shape index (κ2) is 4.74. The molecule has 2 aromatic heterocycles. The van der Waals surface area contributed by atoms with Crippen LogP contribution in [0.15, 0.2) is 35.4 Å². The zero-order valence-corrected chi connectivity index (χ0v) is 12.5. The normalized spacial score (nSPS) is 13.5. The van der Waals surface area contributed by atoms with Gasteiger partial charge in [-0.1, -0.05) is 12.1 Å². The molecule has 0 atom stereocenters. The fourth-order valence-electron chi connectivity index (χ4n) is 3.18. The lowest BCUT2D eigenvalue weighted by molar-refractivity contribution is 0.0753. The van der Waals surface area contributed by atoms with E-state index < -0.39 is 0 Å². The highest BCUT2D eigenvalue weighted by atomic mass is 16.3. The number of rotatable bonds is 1. The van der Waals surface area contributed by atoms with E-state index in [0.29, 0.717) is 29.6 Å². The van der Waals surface area contributed by atoms with E-state index in [0.717, 1.165) is 16.7 Å². The van der Waals surface area contributed by atoms with Crippen LogP contribution in [-0.2, 0) is 13.1 Å². The molecule has 0 bridgehead atoms. The quantitative estimate of drug-likeness (QED) is 0.642. The first-order chi connectivity index (χ1) is 11.1. The van der Waals surface area contributed by atoms with Gasteiger partial charge in [0, 0.05) is 24.5 Å². The van der Waals surface area contributed by atoms with Crippen LogP contribution >= 0.6 is 0 Å². The van der Waals surface area contributed by atoms with E-state index in [1.807, 2.05) is 13.0 Å². The van der Waals surface area contributed by atoms with Crippen molar-refractivity contribution in [2.75, 3.05) is 0 Å². The summed E-state index contributed by atoms with van der Waals surface area (Å²) in [5.74, 6) is -0.0200. The Labute approximate surface area is 131 Å². The van der Waals surface area contributed by atoms with Crippen LogP contribution in [0.2, 0.25) is 0 Å². The molecular weight excluding hydrogens is 294 g/mol. The molecule has 6 heteroatoms. The molecule has 3 aromatic rings. The highest BCUT2D eigenvalue weighted by molar-refractivity contribution is 6.07. The number of benzene rings is 1. The summed E-state index contributed by atoms with van der Waals surface area (Å²) in [4.78, 5) is 32.3. The molecule has 0 fully saturated rings. The van der Waals surface area contributed by atoms with Gasteiger partial charge in [-0.3, -0.25) is 9.59 Å². The number of H-pyrrole nitrogens is 2. The fraction of sp³-hybridized carbons (Fsp3) is 0.176. The number of phenols is 1. The summed E-state index contributed by atoms with van der Waals surface area (Å²) in [6.07, 6.45) is 3.21. The van der Waals surface area contributed by atoms with Crippen molar-refractivity contribution in [1.82, 2.24) is 14.9 Å². The van der Waals surface area contributed by atoms with Crippen LogP contribution in [-0.4, -0.2) is 25.9 Å². The van der Waals surface area contributed by atoms with E-state index in [1.54, 1.807) is 29.4 Å². The molecule has 23 heavy (non-hydrogen) atoms. The van der Waals surface area contributed by atoms with Crippen LogP contribution in [0.1, 0.15) is 27.0 Å². The van der Waals surface area contributed by atoms with Gasteiger partial charge in [0.15, 0.2) is 0 Å². The Morgan fingerprint density at radius 2 is 2.04 bits per heavy atom. The first-order valence-corrected chi connectivity index (χ1v) is 7.34. The Kier molecular flexibility index (Phi) is 2.81. The maximum atomic E-state index is 12.8. The lowest BCUT2D eigenvalue weighted by atomic mass is 10.1. The Morgan fingerprint density at radius 1 is 1.22 bits per heavy atom. The minimum Gasteiger partial charge on any atom is -0.508 e. The smallest absolute Gasteiger partial charge is 0.258 e. The number of aromatic hydroxyl groups is 1. The molecule has 4 rings (SSSR count). The largest absolute Gasteiger partial charge is 0.508 e. The number of hydrogen-bond donors (Lipinski definition) is 3. The number of fused-ring (bicyclic) bond motifs is 2. The molecule has 1 aliphatic heterocycles. The second-order valence-electron chi connectivity index (χ2n) is 5.83. The summed E-state index contributed by atoms with van der Waals surface area (Å²) in [5.41, 5.74) is 3.33. The molecule has 1 amide bonds. The predicted octanol–water partition coefficient (Wildman–Crippen LogP) is 2.03. The third kappa shape index (κ3) is 1.95. The highest BCUT2D eigenvalue weighted by Crippen LogP contribution is 2.31. The Hall–Kier alpha value is -3.02. The topological polar surface area (TPSA) is 89.2 Å². The number of pyridine rings is 1. The SMILES string of the molecule is Cc1c[nH]c(=O)c2c(C(=O)N3Cc4cccc(O)c4C3)c[nH]c12. The fourth-order valence-corrected chi connectivity index (χ4v) is 3.18. The maximum Gasteiger partial charge on any atom is 0.258 e. The summed E-state index contributed by atoms with van der Waals surface area (Å²) >= 11 is 0. The molecule has 3 N–H and O–H groups in total. The van der Waals surface area contributed by atoms with Gasteiger partial charge in [-0.15, -0.1) is 0 Å². The standard InChI is InChI=1S/C17H15N3O3/c1-9-5-19-16(22)14-11(6-18-15(9)14)17(23)20-7-10-3-2-4-13(21)12(10)8-20/h2-6,18,21H,7-8H2,1H3,(H,19,22). The molecule has 0 unspecified atom stereocenters. The lowest BCUT2D eigenvalue weighted by Crippen LogP contribution is -2.26. The van der Waals surface area contributed by atoms with Gasteiger partial charge in [0.1, 0.15) is 5.75 Å². The molecule has 6 nitrogen and oxygen atoms in total. The number of aromatic amines is 2. The van der Waals surface area contributed by atoms with Crippen molar-refractivity contribution < 1.29 is 9.90 Å². The molecule has 1 aliphatic rings. The average molecular weight is 309 g/mol. The van der Waals surface area contributed by atoms with Gasteiger partial charge < -0.3 is 20.0 Å². The molecule has 0 saturated heterocycles. The summed E-state index contributed by atoms with van der Waals surface area (Å²) in [6, 6.07) is 5.28. The van der Waals surface area contributed by atoms with Gasteiger partial charge in [0.2, 0.25) is 0 Å². The van der Waals surface area contributed by atoms with E-state index in [9.17, 15) is 14.7 Å². The number of hydrogen-bond acceptors (Lipinski definition) is 3.